The van der Waals surface area contributed by atoms with Crippen LogP contribution in [0, 0.1) is 0 Å². The third kappa shape index (κ3) is 158. The third-order valence-corrected chi connectivity index (χ3v) is 0. The average molecular weight is 88.0 g/mol. The fourth-order valence-electron chi connectivity index (χ4n) is 0. The van der Waals surface area contributed by atoms with Crippen molar-refractivity contribution in [3.63, 3.8) is 0 Å². The summed E-state index contributed by atoms with van der Waals surface area (Å²) in [6.07, 6.45) is 0. The second-order valence-corrected chi connectivity index (χ2v) is 0.105. The van der Waals surface area contributed by atoms with Gasteiger partial charge in [-0.05, 0) is 0 Å². The van der Waals surface area contributed by atoms with Crippen LogP contribution in [-0.4, -0.2) is 11.6 Å². The standard InChI is InChI=1S/CH2O2.FH.Na/c2-1-3;;/h1H,(H,2,3);1H;/q;;+1/p-1. The topological polar surface area (TPSA) is 37.3 Å². The first-order valence-electron chi connectivity index (χ1n) is 0.494. The number of hydrogen-bond acceptors (Lipinski definition) is 1. The van der Waals surface area contributed by atoms with Crippen LogP contribution in [0.15, 0.2) is 0 Å². The van der Waals surface area contributed by atoms with Crippen LogP contribution >= 0.6 is 0 Å². The van der Waals surface area contributed by atoms with Gasteiger partial charge in [-0.1, -0.05) is 0 Å². The van der Waals surface area contributed by atoms with Crippen LogP contribution in [0.25, 0.3) is 0 Å². The quantitative estimate of drug-likeness (QED) is 0.236. The number of carboxylic acid groups (broad SMARTS) is 1. The van der Waals surface area contributed by atoms with Crippen LogP contribution in [0.4, 0.5) is 0 Å². The normalized spacial score (nSPS) is 2.40. The van der Waals surface area contributed by atoms with Gasteiger partial charge >= 0.3 is 29.6 Å². The van der Waals surface area contributed by atoms with Gasteiger partial charge in [0.2, 0.25) is 0 Å². The van der Waals surface area contributed by atoms with Gasteiger partial charge in [0.1, 0.15) is 0 Å². The summed E-state index contributed by atoms with van der Waals surface area (Å²) in [6.45, 7) is -0.250. The molecule has 0 fully saturated rings. The van der Waals surface area contributed by atoms with E-state index in [0.29, 0.717) is 0 Å². The minimum atomic E-state index is -0.250. The van der Waals surface area contributed by atoms with Crippen molar-refractivity contribution in [1.82, 2.24) is 0 Å². The molecule has 0 radical (unpaired) electrons. The van der Waals surface area contributed by atoms with Crippen molar-refractivity contribution in [2.45, 2.75) is 0 Å². The number of rotatable bonds is 0. The van der Waals surface area contributed by atoms with Gasteiger partial charge in [0.15, 0.2) is 0 Å². The molecule has 4 heteroatoms. The predicted octanol–water partition coefficient (Wildman–Crippen LogP) is -6.29. The first kappa shape index (κ1) is 18.2. The Kier molecular flexibility index (Phi) is 94.2. The number of halogens is 1. The molecule has 0 spiro atoms. The molecule has 0 saturated heterocycles. The first-order valence-corrected chi connectivity index (χ1v) is 0.494. The zero-order chi connectivity index (χ0) is 2.71. The van der Waals surface area contributed by atoms with Gasteiger partial charge in [-0.3, -0.25) is 4.79 Å². The summed E-state index contributed by atoms with van der Waals surface area (Å²) < 4.78 is 0. The Morgan fingerprint density at radius 3 is 1.60 bits per heavy atom. The Labute approximate surface area is 50.8 Å². The van der Waals surface area contributed by atoms with Gasteiger partial charge in [-0.25, -0.2) is 0 Å². The van der Waals surface area contributed by atoms with E-state index in [1.54, 1.807) is 0 Å². The molecule has 0 aliphatic rings. The predicted molar refractivity (Wildman–Crippen MR) is 8.69 cm³/mol. The van der Waals surface area contributed by atoms with Crippen molar-refractivity contribution < 1.29 is 44.2 Å². The molecule has 0 aromatic heterocycles. The molecule has 0 aliphatic carbocycles. The molecule has 0 saturated carbocycles. The van der Waals surface area contributed by atoms with Gasteiger partial charge in [0, 0.05) is 0 Å². The molecular weight excluding hydrogens is 86.0 g/mol. The smallest absolute Gasteiger partial charge is 1.00 e. The van der Waals surface area contributed by atoms with E-state index >= 15 is 0 Å². The Bertz CT molecular complexity index is 17.1. The second-order valence-electron chi connectivity index (χ2n) is 0.105. The Hall–Kier alpha value is 0.400. The van der Waals surface area contributed by atoms with E-state index in [1.165, 1.54) is 0 Å². The van der Waals surface area contributed by atoms with E-state index in [4.69, 9.17) is 9.90 Å². The summed E-state index contributed by atoms with van der Waals surface area (Å²) in [5.74, 6) is 0. The molecule has 1 N–H and O–H groups in total. The van der Waals surface area contributed by atoms with Crippen LogP contribution in [-0.2, 0) is 4.79 Å². The minimum absolute atomic E-state index is 0. The molecule has 0 aliphatic heterocycles. The van der Waals surface area contributed by atoms with E-state index in [-0.39, 0.29) is 40.7 Å². The molecule has 0 unspecified atom stereocenters. The summed E-state index contributed by atoms with van der Waals surface area (Å²) >= 11 is 0. The zero-order valence-corrected chi connectivity index (χ0v) is 4.81. The molecule has 26 valence electrons. The molecule has 0 bridgehead atoms. The van der Waals surface area contributed by atoms with Gasteiger partial charge in [0.05, 0.1) is 0 Å². The van der Waals surface area contributed by atoms with Crippen LogP contribution in [0.3, 0.4) is 0 Å². The summed E-state index contributed by atoms with van der Waals surface area (Å²) in [7, 11) is 0. The number of carbonyl (C=O) groups is 1. The maximum absolute atomic E-state index is 8.36. The van der Waals surface area contributed by atoms with Crippen LogP contribution in [0.2, 0.25) is 0 Å². The molecule has 0 aromatic rings. The largest absolute Gasteiger partial charge is 1.00 e. The maximum Gasteiger partial charge on any atom is 1.00 e. The molecular formula is CH2FNaO2. The van der Waals surface area contributed by atoms with Crippen LogP contribution < -0.4 is 34.3 Å². The van der Waals surface area contributed by atoms with E-state index in [9.17, 15) is 0 Å². The average Bonchev–Trinajstić information content (AvgIpc) is 0.918. The van der Waals surface area contributed by atoms with Crippen molar-refractivity contribution >= 4 is 6.47 Å². The fourth-order valence-corrected chi connectivity index (χ4v) is 0. The van der Waals surface area contributed by atoms with Crippen molar-refractivity contribution in [2.24, 2.45) is 0 Å². The molecule has 5 heavy (non-hydrogen) atoms. The van der Waals surface area contributed by atoms with E-state index in [1.807, 2.05) is 0 Å². The summed E-state index contributed by atoms with van der Waals surface area (Å²) in [6, 6.07) is 0. The second kappa shape index (κ2) is 26.0. The van der Waals surface area contributed by atoms with E-state index in [0.717, 1.165) is 0 Å². The molecule has 2 nitrogen and oxygen atoms in total. The molecule has 0 aromatic carbocycles. The molecule has 0 amide bonds. The van der Waals surface area contributed by atoms with Gasteiger partial charge < -0.3 is 9.81 Å². The zero-order valence-electron chi connectivity index (χ0n) is 2.81. The van der Waals surface area contributed by atoms with Crippen LogP contribution in [0.5, 0.6) is 0 Å². The summed E-state index contributed by atoms with van der Waals surface area (Å²) in [5, 5.41) is 6.89. The van der Waals surface area contributed by atoms with Crippen molar-refractivity contribution in [2.75, 3.05) is 0 Å². The minimum Gasteiger partial charge on any atom is -1.00 e. The van der Waals surface area contributed by atoms with Crippen molar-refractivity contribution in [1.29, 1.82) is 0 Å². The molecule has 0 heterocycles. The monoisotopic (exact) mass is 88.0 g/mol. The van der Waals surface area contributed by atoms with Gasteiger partial charge in [0.25, 0.3) is 6.47 Å². The molecule has 0 rings (SSSR count). The number of hydrogen-bond donors (Lipinski definition) is 1. The fraction of sp³-hybridized carbons (Fsp3) is 0. The Morgan fingerprint density at radius 2 is 1.60 bits per heavy atom. The Balaban J connectivity index is -0.0000000200. The van der Waals surface area contributed by atoms with Gasteiger partial charge in [-0.2, -0.15) is 0 Å². The van der Waals surface area contributed by atoms with Crippen molar-refractivity contribution in [3.8, 4) is 0 Å². The first-order chi connectivity index (χ1) is 1.41. The molecule has 0 atom stereocenters. The van der Waals surface area contributed by atoms with Crippen molar-refractivity contribution in [3.05, 3.63) is 0 Å². The maximum atomic E-state index is 8.36. The Morgan fingerprint density at radius 1 is 1.60 bits per heavy atom. The van der Waals surface area contributed by atoms with E-state index < -0.39 is 0 Å². The van der Waals surface area contributed by atoms with Gasteiger partial charge in [-0.15, -0.1) is 0 Å². The third-order valence-electron chi connectivity index (χ3n) is 0. The SMILES string of the molecule is O=CO.[F-].[Na+]. The summed E-state index contributed by atoms with van der Waals surface area (Å²) in [5.41, 5.74) is 0. The summed E-state index contributed by atoms with van der Waals surface area (Å²) in [4.78, 5) is 8.36. The van der Waals surface area contributed by atoms with Crippen LogP contribution in [0.1, 0.15) is 0 Å². The van der Waals surface area contributed by atoms with E-state index in [2.05, 4.69) is 0 Å².